The van der Waals surface area contributed by atoms with E-state index < -0.39 is 6.10 Å². The van der Waals surface area contributed by atoms with Crippen molar-refractivity contribution in [2.45, 2.75) is 38.2 Å². The Morgan fingerprint density at radius 1 is 1.38 bits per heavy atom. The standard InChI is InChI=1S/C19H23N3O3S/c20-11-14-12-22(13-17(14)24)8-4-2-1-3-6-16(23)15-10-18(25-21-15)19-7-5-9-26-19/h5,7,9-10,14,17,24H,1-4,6,8,12-13H2/t14-,17-/m1/s1. The molecule has 1 fully saturated rings. The molecule has 2 atom stereocenters. The van der Waals surface area contributed by atoms with Crippen LogP contribution in [-0.4, -0.2) is 46.7 Å². The molecule has 1 aliphatic rings. The third-order valence-electron chi connectivity index (χ3n) is 4.72. The summed E-state index contributed by atoms with van der Waals surface area (Å²) in [6.07, 6.45) is 3.85. The number of likely N-dealkylation sites (tertiary alicyclic amines) is 1. The predicted molar refractivity (Wildman–Crippen MR) is 98.8 cm³/mol. The van der Waals surface area contributed by atoms with E-state index in [0.717, 1.165) is 37.1 Å². The number of nitrogens with zero attached hydrogens (tertiary/aromatic N) is 3. The number of carbonyl (C=O) groups excluding carboxylic acids is 1. The molecule has 7 heteroatoms. The van der Waals surface area contributed by atoms with Crippen molar-refractivity contribution in [1.82, 2.24) is 10.1 Å². The van der Waals surface area contributed by atoms with Crippen LogP contribution in [0.15, 0.2) is 28.1 Å². The van der Waals surface area contributed by atoms with E-state index in [-0.39, 0.29) is 11.7 Å². The minimum absolute atomic E-state index is 0.0242. The van der Waals surface area contributed by atoms with Gasteiger partial charge in [-0.05, 0) is 30.8 Å². The van der Waals surface area contributed by atoms with E-state index in [1.54, 1.807) is 17.4 Å². The highest BCUT2D eigenvalue weighted by atomic mass is 32.1. The number of unbranched alkanes of at least 4 members (excludes halogenated alkanes) is 3. The SMILES string of the molecule is N#C[C@@H]1CN(CCCCCCC(=O)c2cc(-c3cccs3)on2)C[C@H]1O. The average Bonchev–Trinajstić information content (AvgIpc) is 3.37. The fourth-order valence-corrected chi connectivity index (χ4v) is 3.89. The van der Waals surface area contributed by atoms with Crippen LogP contribution in [0.1, 0.15) is 42.6 Å². The molecule has 0 unspecified atom stereocenters. The molecule has 3 heterocycles. The normalized spacial score (nSPS) is 20.3. The van der Waals surface area contributed by atoms with E-state index in [1.165, 1.54) is 0 Å². The summed E-state index contributed by atoms with van der Waals surface area (Å²) in [5.74, 6) is 0.414. The summed E-state index contributed by atoms with van der Waals surface area (Å²) in [5.41, 5.74) is 0.405. The lowest BCUT2D eigenvalue weighted by Gasteiger charge is -2.13. The molecule has 1 aliphatic heterocycles. The molecule has 2 aromatic heterocycles. The summed E-state index contributed by atoms with van der Waals surface area (Å²) >= 11 is 1.56. The van der Waals surface area contributed by atoms with Gasteiger partial charge in [0.2, 0.25) is 0 Å². The van der Waals surface area contributed by atoms with Crippen LogP contribution in [0.5, 0.6) is 0 Å². The van der Waals surface area contributed by atoms with Crippen molar-refractivity contribution >= 4 is 17.1 Å². The zero-order valence-corrected chi connectivity index (χ0v) is 15.5. The lowest BCUT2D eigenvalue weighted by atomic mass is 10.1. The van der Waals surface area contributed by atoms with Gasteiger partial charge in [0.05, 0.1) is 23.0 Å². The largest absolute Gasteiger partial charge is 0.390 e. The van der Waals surface area contributed by atoms with Crippen molar-refractivity contribution in [2.24, 2.45) is 5.92 Å². The van der Waals surface area contributed by atoms with Gasteiger partial charge in [-0.25, -0.2) is 0 Å². The van der Waals surface area contributed by atoms with Crippen molar-refractivity contribution in [3.63, 3.8) is 0 Å². The highest BCUT2D eigenvalue weighted by Crippen LogP contribution is 2.25. The summed E-state index contributed by atoms with van der Waals surface area (Å²) in [6.45, 7) is 2.15. The second-order valence-electron chi connectivity index (χ2n) is 6.70. The topological polar surface area (TPSA) is 90.4 Å². The van der Waals surface area contributed by atoms with Crippen LogP contribution in [0.4, 0.5) is 0 Å². The fourth-order valence-electron chi connectivity index (χ4n) is 3.22. The van der Waals surface area contributed by atoms with Crippen molar-refractivity contribution in [3.8, 4) is 16.7 Å². The lowest BCUT2D eigenvalue weighted by molar-refractivity contribution is 0.0970. The van der Waals surface area contributed by atoms with Gasteiger partial charge in [-0.3, -0.25) is 9.69 Å². The molecule has 0 amide bonds. The number of thiophene rings is 1. The monoisotopic (exact) mass is 373 g/mol. The van der Waals surface area contributed by atoms with E-state index in [4.69, 9.17) is 9.78 Å². The molecule has 0 aliphatic carbocycles. The number of rotatable bonds is 9. The Morgan fingerprint density at radius 2 is 2.23 bits per heavy atom. The van der Waals surface area contributed by atoms with Gasteiger partial charge in [0.1, 0.15) is 5.69 Å². The molecule has 0 aromatic carbocycles. The minimum Gasteiger partial charge on any atom is -0.390 e. The smallest absolute Gasteiger partial charge is 0.184 e. The number of β-amino-alcohol motifs (C(OH)–C–C–N with tert-alkyl or cyclic N) is 1. The van der Waals surface area contributed by atoms with Gasteiger partial charge in [0.15, 0.2) is 11.5 Å². The number of aromatic nitrogens is 1. The molecule has 3 rings (SSSR count). The first-order chi connectivity index (χ1) is 12.7. The zero-order chi connectivity index (χ0) is 18.4. The Labute approximate surface area is 157 Å². The maximum atomic E-state index is 12.2. The minimum atomic E-state index is -0.515. The number of hydrogen-bond acceptors (Lipinski definition) is 7. The number of aliphatic hydroxyl groups is 1. The number of hydrogen-bond donors (Lipinski definition) is 1. The average molecular weight is 373 g/mol. The lowest BCUT2D eigenvalue weighted by Crippen LogP contribution is -2.23. The molecule has 1 saturated heterocycles. The summed E-state index contributed by atoms with van der Waals surface area (Å²) in [7, 11) is 0. The van der Waals surface area contributed by atoms with Crippen molar-refractivity contribution in [1.29, 1.82) is 5.26 Å². The fraction of sp³-hybridized carbons (Fsp3) is 0.526. The van der Waals surface area contributed by atoms with Crippen LogP contribution in [-0.2, 0) is 0 Å². The second-order valence-corrected chi connectivity index (χ2v) is 7.65. The van der Waals surface area contributed by atoms with Gasteiger partial charge < -0.3 is 9.63 Å². The van der Waals surface area contributed by atoms with Gasteiger partial charge in [0.25, 0.3) is 0 Å². The second kappa shape index (κ2) is 9.08. The van der Waals surface area contributed by atoms with Crippen LogP contribution in [0.25, 0.3) is 10.6 Å². The Balaban J connectivity index is 1.31. The van der Waals surface area contributed by atoms with E-state index in [0.29, 0.717) is 31.0 Å². The van der Waals surface area contributed by atoms with Gasteiger partial charge in [0, 0.05) is 25.6 Å². The first kappa shape index (κ1) is 18.8. The maximum absolute atomic E-state index is 12.2. The van der Waals surface area contributed by atoms with Gasteiger partial charge >= 0.3 is 0 Å². The van der Waals surface area contributed by atoms with Gasteiger partial charge in [-0.15, -0.1) is 11.3 Å². The first-order valence-electron chi connectivity index (χ1n) is 9.01. The van der Waals surface area contributed by atoms with Crippen molar-refractivity contribution in [2.75, 3.05) is 19.6 Å². The molecule has 0 bridgehead atoms. The molecule has 6 nitrogen and oxygen atoms in total. The van der Waals surface area contributed by atoms with E-state index >= 15 is 0 Å². The number of Topliss-reactive ketones (excluding diaryl/α,β-unsaturated/α-hetero) is 1. The Hall–Kier alpha value is -2.01. The maximum Gasteiger partial charge on any atom is 0.184 e. The van der Waals surface area contributed by atoms with Crippen LogP contribution in [0, 0.1) is 17.2 Å². The number of nitriles is 1. The summed E-state index contributed by atoms with van der Waals surface area (Å²) in [4.78, 5) is 15.3. The van der Waals surface area contributed by atoms with E-state index in [9.17, 15) is 9.90 Å². The van der Waals surface area contributed by atoms with Crippen molar-refractivity contribution in [3.05, 3.63) is 29.3 Å². The van der Waals surface area contributed by atoms with Crippen LogP contribution < -0.4 is 0 Å². The predicted octanol–water partition coefficient (Wildman–Crippen LogP) is 3.35. The molecule has 2 aromatic rings. The Bertz CT molecular complexity index is 750. The van der Waals surface area contributed by atoms with E-state index in [2.05, 4.69) is 16.1 Å². The zero-order valence-electron chi connectivity index (χ0n) is 14.6. The Morgan fingerprint density at radius 3 is 2.96 bits per heavy atom. The van der Waals surface area contributed by atoms with Crippen LogP contribution >= 0.6 is 11.3 Å². The molecule has 0 spiro atoms. The van der Waals surface area contributed by atoms with Crippen molar-refractivity contribution < 1.29 is 14.4 Å². The molecule has 0 radical (unpaired) electrons. The molecular weight excluding hydrogens is 350 g/mol. The van der Waals surface area contributed by atoms with Gasteiger partial charge in [-0.2, -0.15) is 5.26 Å². The van der Waals surface area contributed by atoms with Crippen LogP contribution in [0.2, 0.25) is 0 Å². The summed E-state index contributed by atoms with van der Waals surface area (Å²) < 4.78 is 5.25. The van der Waals surface area contributed by atoms with Gasteiger partial charge in [-0.1, -0.05) is 24.1 Å². The number of ketones is 1. The third-order valence-corrected chi connectivity index (χ3v) is 5.60. The van der Waals surface area contributed by atoms with Crippen LogP contribution in [0.3, 0.4) is 0 Å². The quantitative estimate of drug-likeness (QED) is 0.535. The summed E-state index contributed by atoms with van der Waals surface area (Å²) in [5, 5.41) is 24.5. The summed E-state index contributed by atoms with van der Waals surface area (Å²) in [6, 6.07) is 7.75. The molecule has 26 heavy (non-hydrogen) atoms. The number of carbonyl (C=O) groups is 1. The third kappa shape index (κ3) is 4.79. The Kier molecular flexibility index (Phi) is 6.56. The molecule has 138 valence electrons. The highest BCUT2D eigenvalue weighted by molar-refractivity contribution is 7.13. The number of aliphatic hydroxyl groups excluding tert-OH is 1. The molecular formula is C19H23N3O3S. The van der Waals surface area contributed by atoms with E-state index in [1.807, 2.05) is 17.5 Å². The molecule has 0 saturated carbocycles. The highest BCUT2D eigenvalue weighted by Gasteiger charge is 2.30. The molecule has 1 N–H and O–H groups in total. The first-order valence-corrected chi connectivity index (χ1v) is 9.89.